The number of likely N-dealkylation sites (tertiary alicyclic amines) is 1. The number of rotatable bonds is 4. The van der Waals surface area contributed by atoms with E-state index < -0.39 is 0 Å². The molecule has 0 bridgehead atoms. The van der Waals surface area contributed by atoms with Crippen LogP contribution in [0.2, 0.25) is 5.02 Å². The molecule has 1 N–H and O–H groups in total. The molecule has 2 aromatic carbocycles. The first-order valence-corrected chi connectivity index (χ1v) is 10.8. The zero-order valence-electron chi connectivity index (χ0n) is 17.0. The van der Waals surface area contributed by atoms with Crippen LogP contribution in [0, 0.1) is 0 Å². The standard InChI is InChI=1S/C24H25ClN2O3/c1-2-30-24(29)19-11-12-26-22-18(15-19)9-10-20(21(22)25)16-5-7-17(8-6-16)23(28)27-13-3-4-14-27/h5-10,15,26H,2-4,11-14H2,1H3. The Labute approximate surface area is 181 Å². The lowest BCUT2D eigenvalue weighted by molar-refractivity contribution is -0.138. The van der Waals surface area contributed by atoms with Crippen molar-refractivity contribution in [1.29, 1.82) is 0 Å². The molecule has 2 aliphatic heterocycles. The van der Waals surface area contributed by atoms with Gasteiger partial charge in [0, 0.05) is 36.3 Å². The quantitative estimate of drug-likeness (QED) is 0.701. The van der Waals surface area contributed by atoms with Crippen LogP contribution < -0.4 is 5.32 Å². The molecule has 5 nitrogen and oxygen atoms in total. The number of carbonyl (C=O) groups is 2. The van der Waals surface area contributed by atoms with E-state index in [0.29, 0.717) is 35.7 Å². The normalized spacial score (nSPS) is 15.7. The van der Waals surface area contributed by atoms with Crippen molar-refractivity contribution in [3.05, 3.63) is 58.1 Å². The van der Waals surface area contributed by atoms with Gasteiger partial charge in [0.1, 0.15) is 0 Å². The highest BCUT2D eigenvalue weighted by Crippen LogP contribution is 2.38. The summed E-state index contributed by atoms with van der Waals surface area (Å²) in [5.74, 6) is -0.198. The summed E-state index contributed by atoms with van der Waals surface area (Å²) in [7, 11) is 0. The summed E-state index contributed by atoms with van der Waals surface area (Å²) in [6.45, 7) is 4.43. The number of hydrogen-bond acceptors (Lipinski definition) is 4. The molecule has 2 aliphatic rings. The van der Waals surface area contributed by atoms with Crippen LogP contribution in [0.4, 0.5) is 5.69 Å². The number of ether oxygens (including phenoxy) is 1. The van der Waals surface area contributed by atoms with Crippen LogP contribution in [-0.4, -0.2) is 43.0 Å². The van der Waals surface area contributed by atoms with Crippen molar-refractivity contribution in [2.75, 3.05) is 31.6 Å². The van der Waals surface area contributed by atoms with Crippen LogP contribution >= 0.6 is 11.6 Å². The summed E-state index contributed by atoms with van der Waals surface area (Å²) in [6, 6.07) is 11.5. The van der Waals surface area contributed by atoms with Crippen LogP contribution in [0.15, 0.2) is 42.0 Å². The number of nitrogens with zero attached hydrogens (tertiary/aromatic N) is 1. The van der Waals surface area contributed by atoms with Gasteiger partial charge in [-0.1, -0.05) is 35.9 Å². The van der Waals surface area contributed by atoms with Gasteiger partial charge in [0.2, 0.25) is 0 Å². The molecule has 0 spiro atoms. The Hall–Kier alpha value is -2.79. The van der Waals surface area contributed by atoms with Crippen LogP contribution in [0.25, 0.3) is 17.2 Å². The molecule has 0 aromatic heterocycles. The Morgan fingerprint density at radius 2 is 1.83 bits per heavy atom. The van der Waals surface area contributed by atoms with Gasteiger partial charge in [-0.3, -0.25) is 4.79 Å². The maximum absolute atomic E-state index is 12.6. The third-order valence-corrected chi connectivity index (χ3v) is 5.97. The third-order valence-electron chi connectivity index (χ3n) is 5.57. The minimum atomic E-state index is -0.286. The van der Waals surface area contributed by atoms with E-state index >= 15 is 0 Å². The number of fused-ring (bicyclic) bond motifs is 1. The second-order valence-electron chi connectivity index (χ2n) is 7.53. The fourth-order valence-corrected chi connectivity index (χ4v) is 4.32. The largest absolute Gasteiger partial charge is 0.463 e. The second kappa shape index (κ2) is 8.92. The molecule has 2 aromatic rings. The molecular weight excluding hydrogens is 400 g/mol. The van der Waals surface area contributed by atoms with Gasteiger partial charge in [-0.2, -0.15) is 0 Å². The maximum Gasteiger partial charge on any atom is 0.334 e. The second-order valence-corrected chi connectivity index (χ2v) is 7.91. The number of hydrogen-bond donors (Lipinski definition) is 1. The summed E-state index contributed by atoms with van der Waals surface area (Å²) in [4.78, 5) is 26.6. The lowest BCUT2D eigenvalue weighted by atomic mass is 10.00. The summed E-state index contributed by atoms with van der Waals surface area (Å²) in [5.41, 5.74) is 4.84. The van der Waals surface area contributed by atoms with E-state index in [2.05, 4.69) is 5.32 Å². The Balaban J connectivity index is 1.61. The van der Waals surface area contributed by atoms with E-state index in [-0.39, 0.29) is 11.9 Å². The van der Waals surface area contributed by atoms with Crippen molar-refractivity contribution in [3.8, 4) is 11.1 Å². The summed E-state index contributed by atoms with van der Waals surface area (Å²) in [6.07, 6.45) is 4.58. The molecule has 1 saturated heterocycles. The van der Waals surface area contributed by atoms with Gasteiger partial charge in [-0.25, -0.2) is 4.79 Å². The molecule has 0 saturated carbocycles. The zero-order chi connectivity index (χ0) is 21.1. The van der Waals surface area contributed by atoms with E-state index in [0.717, 1.165) is 48.3 Å². The van der Waals surface area contributed by atoms with E-state index in [1.807, 2.05) is 47.4 Å². The molecule has 4 rings (SSSR count). The number of nitrogens with one attached hydrogen (secondary N) is 1. The number of halogens is 1. The molecule has 1 amide bonds. The fraction of sp³-hybridized carbons (Fsp3) is 0.333. The Morgan fingerprint density at radius 3 is 2.53 bits per heavy atom. The fourth-order valence-electron chi connectivity index (χ4n) is 3.98. The number of anilines is 1. The van der Waals surface area contributed by atoms with Crippen molar-refractivity contribution in [2.45, 2.75) is 26.2 Å². The first kappa shape index (κ1) is 20.5. The highest BCUT2D eigenvalue weighted by atomic mass is 35.5. The van der Waals surface area contributed by atoms with Gasteiger partial charge < -0.3 is 15.0 Å². The average Bonchev–Trinajstić information content (AvgIpc) is 3.20. The Kier molecular flexibility index (Phi) is 6.09. The van der Waals surface area contributed by atoms with E-state index in [9.17, 15) is 9.59 Å². The smallest absolute Gasteiger partial charge is 0.334 e. The third kappa shape index (κ3) is 4.08. The molecule has 2 heterocycles. The first-order valence-electron chi connectivity index (χ1n) is 10.4. The van der Waals surface area contributed by atoms with Gasteiger partial charge in [-0.05, 0) is 55.5 Å². The van der Waals surface area contributed by atoms with E-state index in [1.54, 1.807) is 6.92 Å². The van der Waals surface area contributed by atoms with Crippen molar-refractivity contribution >= 4 is 35.2 Å². The summed E-state index contributed by atoms with van der Waals surface area (Å²) >= 11 is 6.75. The molecular formula is C24H25ClN2O3. The summed E-state index contributed by atoms with van der Waals surface area (Å²) < 4.78 is 5.14. The van der Waals surface area contributed by atoms with E-state index in [4.69, 9.17) is 16.3 Å². The van der Waals surface area contributed by atoms with Crippen molar-refractivity contribution in [1.82, 2.24) is 4.90 Å². The zero-order valence-corrected chi connectivity index (χ0v) is 17.8. The Morgan fingerprint density at radius 1 is 1.10 bits per heavy atom. The summed E-state index contributed by atoms with van der Waals surface area (Å²) in [5, 5.41) is 3.95. The lowest BCUT2D eigenvalue weighted by Crippen LogP contribution is -2.27. The van der Waals surface area contributed by atoms with E-state index in [1.165, 1.54) is 0 Å². The molecule has 1 fully saturated rings. The number of esters is 1. The van der Waals surface area contributed by atoms with Gasteiger partial charge >= 0.3 is 5.97 Å². The highest BCUT2D eigenvalue weighted by molar-refractivity contribution is 6.36. The van der Waals surface area contributed by atoms with Crippen LogP contribution in [0.1, 0.15) is 42.1 Å². The SMILES string of the molecule is CCOC(=O)C1=Cc2ccc(-c3ccc(C(=O)N4CCCC4)cc3)c(Cl)c2NCC1. The molecule has 0 radical (unpaired) electrons. The van der Waals surface area contributed by atoms with Crippen molar-refractivity contribution < 1.29 is 14.3 Å². The molecule has 156 valence electrons. The minimum Gasteiger partial charge on any atom is -0.463 e. The van der Waals surface area contributed by atoms with Gasteiger partial charge in [0.25, 0.3) is 5.91 Å². The predicted octanol–water partition coefficient (Wildman–Crippen LogP) is 5.01. The minimum absolute atomic E-state index is 0.0883. The van der Waals surface area contributed by atoms with Gasteiger partial charge in [0.15, 0.2) is 0 Å². The molecule has 0 unspecified atom stereocenters. The van der Waals surface area contributed by atoms with Crippen molar-refractivity contribution in [2.24, 2.45) is 0 Å². The van der Waals surface area contributed by atoms with Gasteiger partial charge in [0.05, 0.1) is 17.3 Å². The topological polar surface area (TPSA) is 58.6 Å². The average molecular weight is 425 g/mol. The van der Waals surface area contributed by atoms with Gasteiger partial charge in [-0.15, -0.1) is 0 Å². The van der Waals surface area contributed by atoms with Crippen LogP contribution in [0.3, 0.4) is 0 Å². The van der Waals surface area contributed by atoms with Crippen LogP contribution in [-0.2, 0) is 9.53 Å². The number of benzene rings is 2. The number of carbonyl (C=O) groups excluding carboxylic acids is 2. The monoisotopic (exact) mass is 424 g/mol. The molecule has 30 heavy (non-hydrogen) atoms. The highest BCUT2D eigenvalue weighted by Gasteiger charge is 2.21. The maximum atomic E-state index is 12.6. The molecule has 0 aliphatic carbocycles. The first-order chi connectivity index (χ1) is 14.6. The Bertz CT molecular complexity index is 992. The lowest BCUT2D eigenvalue weighted by Gasteiger charge is -2.16. The van der Waals surface area contributed by atoms with Crippen molar-refractivity contribution in [3.63, 3.8) is 0 Å². The van der Waals surface area contributed by atoms with Crippen LogP contribution in [0.5, 0.6) is 0 Å². The number of amides is 1. The molecule has 0 atom stereocenters. The predicted molar refractivity (Wildman–Crippen MR) is 120 cm³/mol. The molecule has 6 heteroatoms.